The minimum Gasteiger partial charge on any atom is -0.423 e. The van der Waals surface area contributed by atoms with Crippen LogP contribution in [-0.4, -0.2) is 5.97 Å². The summed E-state index contributed by atoms with van der Waals surface area (Å²) in [5.74, 6) is 0.727. The first-order chi connectivity index (χ1) is 13.2. The zero-order chi connectivity index (χ0) is 18.8. The predicted molar refractivity (Wildman–Crippen MR) is 112 cm³/mol. The van der Waals surface area contributed by atoms with Crippen molar-refractivity contribution in [2.75, 3.05) is 0 Å². The number of esters is 1. The highest BCUT2D eigenvalue weighted by Gasteiger charge is 2.11. The molecule has 2 heteroatoms. The summed E-state index contributed by atoms with van der Waals surface area (Å²) >= 11 is 0. The summed E-state index contributed by atoms with van der Waals surface area (Å²) in [6.45, 7) is 4.35. The molecule has 134 valence electrons. The van der Waals surface area contributed by atoms with Crippen molar-refractivity contribution in [2.24, 2.45) is 0 Å². The van der Waals surface area contributed by atoms with Gasteiger partial charge in [0, 0.05) is 0 Å². The van der Waals surface area contributed by atoms with Crippen LogP contribution in [0.3, 0.4) is 0 Å². The summed E-state index contributed by atoms with van der Waals surface area (Å²) in [5.41, 5.74) is 1.81. The van der Waals surface area contributed by atoms with Crippen LogP contribution in [0.15, 0.2) is 78.9 Å². The number of carbonyl (C=O) groups excluding carboxylic acids is 1. The molecule has 27 heavy (non-hydrogen) atoms. The normalized spacial score (nSPS) is 12.2. The maximum absolute atomic E-state index is 12.5. The van der Waals surface area contributed by atoms with E-state index in [9.17, 15) is 4.79 Å². The van der Waals surface area contributed by atoms with Crippen molar-refractivity contribution >= 4 is 27.5 Å². The van der Waals surface area contributed by atoms with Crippen molar-refractivity contribution in [3.05, 3.63) is 90.0 Å². The van der Waals surface area contributed by atoms with Crippen LogP contribution in [-0.2, 0) is 0 Å². The molecule has 2 nitrogen and oxygen atoms in total. The van der Waals surface area contributed by atoms with Crippen molar-refractivity contribution in [2.45, 2.75) is 26.2 Å². The minimum atomic E-state index is -0.328. The van der Waals surface area contributed by atoms with E-state index in [4.69, 9.17) is 4.74 Å². The van der Waals surface area contributed by atoms with Crippen LogP contribution in [0.4, 0.5) is 0 Å². The van der Waals surface area contributed by atoms with Crippen molar-refractivity contribution in [3.63, 3.8) is 0 Å². The molecule has 0 aromatic heterocycles. The molecule has 0 fully saturated rings. The zero-order valence-electron chi connectivity index (χ0n) is 15.6. The van der Waals surface area contributed by atoms with Crippen molar-refractivity contribution < 1.29 is 9.53 Å². The molecule has 0 spiro atoms. The lowest BCUT2D eigenvalue weighted by Crippen LogP contribution is -2.08. The number of fused-ring (bicyclic) bond motifs is 3. The Morgan fingerprint density at radius 3 is 2.33 bits per heavy atom. The molecule has 0 aliphatic rings. The predicted octanol–water partition coefficient (Wildman–Crippen LogP) is 6.73. The van der Waals surface area contributed by atoms with Gasteiger partial charge >= 0.3 is 5.97 Å². The van der Waals surface area contributed by atoms with Gasteiger partial charge in [0.25, 0.3) is 0 Å². The van der Waals surface area contributed by atoms with Crippen LogP contribution in [0.5, 0.6) is 5.75 Å². The molecule has 1 unspecified atom stereocenters. The van der Waals surface area contributed by atoms with E-state index in [2.05, 4.69) is 38.1 Å². The molecule has 0 N–H and O–H groups in total. The first kappa shape index (κ1) is 17.3. The second kappa shape index (κ2) is 7.24. The fraction of sp³-hybridized carbons (Fsp3) is 0.160. The third-order valence-corrected chi connectivity index (χ3v) is 5.25. The highest BCUT2D eigenvalue weighted by Crippen LogP contribution is 2.28. The van der Waals surface area contributed by atoms with Crippen LogP contribution in [0.1, 0.15) is 42.1 Å². The third-order valence-electron chi connectivity index (χ3n) is 5.25. The quantitative estimate of drug-likeness (QED) is 0.231. The fourth-order valence-corrected chi connectivity index (χ4v) is 3.40. The molecule has 0 saturated carbocycles. The second-order valence-corrected chi connectivity index (χ2v) is 6.99. The van der Waals surface area contributed by atoms with Gasteiger partial charge in [0.15, 0.2) is 0 Å². The van der Waals surface area contributed by atoms with Gasteiger partial charge in [0.05, 0.1) is 5.56 Å². The molecule has 0 amide bonds. The number of carbonyl (C=O) groups is 1. The van der Waals surface area contributed by atoms with E-state index in [0.29, 0.717) is 17.2 Å². The fourth-order valence-electron chi connectivity index (χ4n) is 3.40. The van der Waals surface area contributed by atoms with Crippen LogP contribution in [0.2, 0.25) is 0 Å². The Bertz CT molecular complexity index is 1110. The monoisotopic (exact) mass is 354 g/mol. The van der Waals surface area contributed by atoms with Gasteiger partial charge in [-0.15, -0.1) is 0 Å². The maximum atomic E-state index is 12.5. The van der Waals surface area contributed by atoms with E-state index in [-0.39, 0.29) is 5.97 Å². The molecule has 0 saturated heterocycles. The summed E-state index contributed by atoms with van der Waals surface area (Å²) in [6, 6.07) is 26.0. The van der Waals surface area contributed by atoms with Gasteiger partial charge in [-0.25, -0.2) is 4.79 Å². The van der Waals surface area contributed by atoms with Gasteiger partial charge in [-0.05, 0) is 63.7 Å². The highest BCUT2D eigenvalue weighted by molar-refractivity contribution is 6.07. The topological polar surface area (TPSA) is 26.3 Å². The lowest BCUT2D eigenvalue weighted by atomic mass is 9.98. The standard InChI is InChI=1S/C25H22O2/c1-3-17(2)18-8-11-20(12-9-18)25(26)27-22-14-15-24-21(16-22)13-10-19-6-4-5-7-23(19)24/h4-17H,3H2,1-2H3. The molecule has 0 heterocycles. The number of hydrogen-bond acceptors (Lipinski definition) is 2. The molecule has 0 bridgehead atoms. The van der Waals surface area contributed by atoms with E-state index < -0.39 is 0 Å². The van der Waals surface area contributed by atoms with E-state index in [1.807, 2.05) is 54.6 Å². The molecule has 0 radical (unpaired) electrons. The maximum Gasteiger partial charge on any atom is 0.343 e. The van der Waals surface area contributed by atoms with E-state index in [0.717, 1.165) is 17.2 Å². The summed E-state index contributed by atoms with van der Waals surface area (Å²) < 4.78 is 5.61. The Balaban J connectivity index is 1.59. The lowest BCUT2D eigenvalue weighted by molar-refractivity contribution is 0.0735. The minimum absolute atomic E-state index is 0.328. The van der Waals surface area contributed by atoms with Gasteiger partial charge in [0.2, 0.25) is 0 Å². The van der Waals surface area contributed by atoms with E-state index in [1.54, 1.807) is 0 Å². The van der Waals surface area contributed by atoms with Gasteiger partial charge in [-0.3, -0.25) is 0 Å². The number of rotatable bonds is 4. The van der Waals surface area contributed by atoms with Crippen LogP contribution in [0, 0.1) is 0 Å². The summed E-state index contributed by atoms with van der Waals surface area (Å²) in [4.78, 5) is 12.5. The zero-order valence-corrected chi connectivity index (χ0v) is 15.6. The Labute approximate surface area is 159 Å². The average Bonchev–Trinajstić information content (AvgIpc) is 2.73. The van der Waals surface area contributed by atoms with Crippen LogP contribution >= 0.6 is 0 Å². The Morgan fingerprint density at radius 2 is 1.56 bits per heavy atom. The first-order valence-corrected chi connectivity index (χ1v) is 9.39. The van der Waals surface area contributed by atoms with E-state index in [1.165, 1.54) is 16.3 Å². The summed E-state index contributed by atoms with van der Waals surface area (Å²) in [6.07, 6.45) is 1.08. The van der Waals surface area contributed by atoms with Gasteiger partial charge < -0.3 is 4.74 Å². The van der Waals surface area contributed by atoms with Crippen LogP contribution in [0.25, 0.3) is 21.5 Å². The van der Waals surface area contributed by atoms with Crippen molar-refractivity contribution in [1.29, 1.82) is 0 Å². The molecular weight excluding hydrogens is 332 g/mol. The Morgan fingerprint density at radius 1 is 0.852 bits per heavy atom. The third kappa shape index (κ3) is 3.43. The van der Waals surface area contributed by atoms with Crippen molar-refractivity contribution in [1.82, 2.24) is 0 Å². The SMILES string of the molecule is CCC(C)c1ccc(C(=O)Oc2ccc3c(ccc4ccccc43)c2)cc1. The number of benzene rings is 4. The Hall–Kier alpha value is -3.13. The molecular formula is C25H22O2. The highest BCUT2D eigenvalue weighted by atomic mass is 16.5. The molecule has 4 aromatic carbocycles. The smallest absolute Gasteiger partial charge is 0.343 e. The first-order valence-electron chi connectivity index (χ1n) is 9.39. The van der Waals surface area contributed by atoms with Gasteiger partial charge in [-0.2, -0.15) is 0 Å². The largest absolute Gasteiger partial charge is 0.423 e. The molecule has 0 aliphatic heterocycles. The Kier molecular flexibility index (Phi) is 4.64. The van der Waals surface area contributed by atoms with Crippen LogP contribution < -0.4 is 4.74 Å². The molecule has 4 aromatic rings. The van der Waals surface area contributed by atoms with Gasteiger partial charge in [0.1, 0.15) is 5.75 Å². The summed E-state index contributed by atoms with van der Waals surface area (Å²) in [5, 5.41) is 4.63. The summed E-state index contributed by atoms with van der Waals surface area (Å²) in [7, 11) is 0. The number of hydrogen-bond donors (Lipinski definition) is 0. The van der Waals surface area contributed by atoms with Crippen molar-refractivity contribution in [3.8, 4) is 5.75 Å². The van der Waals surface area contributed by atoms with Gasteiger partial charge in [-0.1, -0.05) is 68.4 Å². The number of ether oxygens (including phenoxy) is 1. The molecule has 4 rings (SSSR count). The average molecular weight is 354 g/mol. The molecule has 0 aliphatic carbocycles. The second-order valence-electron chi connectivity index (χ2n) is 6.99. The van der Waals surface area contributed by atoms with E-state index >= 15 is 0 Å². The molecule has 1 atom stereocenters. The lowest BCUT2D eigenvalue weighted by Gasteiger charge is -2.10.